The zero-order chi connectivity index (χ0) is 21.3. The van der Waals surface area contributed by atoms with Crippen LogP contribution in [0.2, 0.25) is 5.02 Å². The molecule has 9 heteroatoms. The van der Waals surface area contributed by atoms with E-state index in [2.05, 4.69) is 0 Å². The predicted molar refractivity (Wildman–Crippen MR) is 126 cm³/mol. The van der Waals surface area contributed by atoms with Crippen molar-refractivity contribution in [3.8, 4) is 0 Å². The molecule has 31 heavy (non-hydrogen) atoms. The highest BCUT2D eigenvalue weighted by atomic mass is 35.5. The van der Waals surface area contributed by atoms with Gasteiger partial charge in [0, 0.05) is 37.1 Å². The summed E-state index contributed by atoms with van der Waals surface area (Å²) < 4.78 is 27.7. The lowest BCUT2D eigenvalue weighted by atomic mass is 9.81. The third-order valence-electron chi connectivity index (χ3n) is 6.49. The number of nitrogens with two attached hydrogens (primary N) is 1. The van der Waals surface area contributed by atoms with Gasteiger partial charge in [-0.05, 0) is 73.2 Å². The molecule has 2 fully saturated rings. The van der Waals surface area contributed by atoms with Gasteiger partial charge >= 0.3 is 0 Å². The summed E-state index contributed by atoms with van der Waals surface area (Å²) >= 11 is 6.02. The quantitative estimate of drug-likeness (QED) is 0.717. The largest absolute Gasteiger partial charge is 0.340 e. The second kappa shape index (κ2) is 10.0. The average molecular weight is 486 g/mol. The van der Waals surface area contributed by atoms with Crippen LogP contribution in [0.4, 0.5) is 0 Å². The molecule has 0 spiro atoms. The fraction of sp³-hybridized carbons (Fsp3) is 0.500. The molecule has 0 aromatic heterocycles. The van der Waals surface area contributed by atoms with Gasteiger partial charge in [0.25, 0.3) is 0 Å². The lowest BCUT2D eigenvalue weighted by molar-refractivity contribution is -0.138. The lowest BCUT2D eigenvalue weighted by Gasteiger charge is -2.37. The zero-order valence-corrected chi connectivity index (χ0v) is 19.8. The zero-order valence-electron chi connectivity index (χ0n) is 17.4. The third kappa shape index (κ3) is 5.17. The van der Waals surface area contributed by atoms with E-state index >= 15 is 0 Å². The van der Waals surface area contributed by atoms with Crippen LogP contribution in [0.25, 0.3) is 10.8 Å². The summed E-state index contributed by atoms with van der Waals surface area (Å²) in [7, 11) is -3.60. The Morgan fingerprint density at radius 2 is 1.58 bits per heavy atom. The number of amides is 1. The topological polar surface area (TPSA) is 83.7 Å². The number of hydrogen-bond donors (Lipinski definition) is 1. The molecular weight excluding hydrogens is 457 g/mol. The molecule has 2 N–H and O–H groups in total. The van der Waals surface area contributed by atoms with Crippen molar-refractivity contribution in [2.75, 3.05) is 32.7 Å². The van der Waals surface area contributed by atoms with Gasteiger partial charge in [-0.3, -0.25) is 4.79 Å². The number of sulfonamides is 1. The summed E-state index contributed by atoms with van der Waals surface area (Å²) in [6.07, 6.45) is 3.80. The van der Waals surface area contributed by atoms with E-state index in [1.165, 1.54) is 4.31 Å². The van der Waals surface area contributed by atoms with Gasteiger partial charge in [-0.2, -0.15) is 4.31 Å². The number of piperazine rings is 1. The molecule has 1 heterocycles. The number of fused-ring (bicyclic) bond motifs is 1. The lowest BCUT2D eigenvalue weighted by Crippen LogP contribution is -2.52. The molecule has 0 bridgehead atoms. The molecule has 2 aromatic carbocycles. The molecule has 1 saturated carbocycles. The van der Waals surface area contributed by atoms with E-state index in [-0.39, 0.29) is 29.1 Å². The first kappa shape index (κ1) is 24.3. The Bertz CT molecular complexity index is 1030. The Morgan fingerprint density at radius 3 is 2.23 bits per heavy atom. The Balaban J connectivity index is 0.00000272. The molecule has 4 rings (SSSR count). The molecular formula is C22H29Cl2N3O3S. The summed E-state index contributed by atoms with van der Waals surface area (Å²) in [5.74, 6) is 0.766. The van der Waals surface area contributed by atoms with E-state index in [0.29, 0.717) is 43.7 Å². The number of benzene rings is 2. The molecule has 1 aliphatic heterocycles. The summed E-state index contributed by atoms with van der Waals surface area (Å²) in [5, 5.41) is 2.36. The first-order chi connectivity index (χ1) is 14.4. The highest BCUT2D eigenvalue weighted by Gasteiger charge is 2.34. The number of rotatable bonds is 4. The van der Waals surface area contributed by atoms with Crippen molar-refractivity contribution in [1.29, 1.82) is 0 Å². The molecule has 1 saturated heterocycles. The van der Waals surface area contributed by atoms with Crippen LogP contribution in [0, 0.1) is 11.8 Å². The maximum absolute atomic E-state index is 13.1. The maximum Gasteiger partial charge on any atom is 0.243 e. The number of hydrogen-bond acceptors (Lipinski definition) is 4. The number of nitrogens with zero attached hydrogens (tertiary/aromatic N) is 2. The Kier molecular flexibility index (Phi) is 7.86. The van der Waals surface area contributed by atoms with Crippen molar-refractivity contribution < 1.29 is 13.2 Å². The predicted octanol–water partition coefficient (Wildman–Crippen LogP) is 3.51. The minimum absolute atomic E-state index is 0. The summed E-state index contributed by atoms with van der Waals surface area (Å²) in [6, 6.07) is 10.5. The molecule has 0 radical (unpaired) electrons. The highest BCUT2D eigenvalue weighted by molar-refractivity contribution is 7.89. The van der Waals surface area contributed by atoms with Gasteiger partial charge < -0.3 is 10.6 Å². The molecule has 0 atom stereocenters. The SMILES string of the molecule is Cl.NC[C@H]1CC[C@H](C(=O)N2CCN(S(=O)(=O)c3ccc4cc(Cl)ccc4c3)CC2)CC1. The Labute approximate surface area is 195 Å². The van der Waals surface area contributed by atoms with Gasteiger partial charge in [0.2, 0.25) is 15.9 Å². The van der Waals surface area contributed by atoms with Crippen molar-refractivity contribution in [3.05, 3.63) is 41.4 Å². The normalized spacial score (nSPS) is 22.8. The molecule has 1 amide bonds. The van der Waals surface area contributed by atoms with E-state index in [1.807, 2.05) is 17.0 Å². The van der Waals surface area contributed by atoms with Crippen molar-refractivity contribution >= 4 is 50.7 Å². The molecule has 2 aliphatic rings. The van der Waals surface area contributed by atoms with Gasteiger partial charge in [-0.1, -0.05) is 23.7 Å². The van der Waals surface area contributed by atoms with Crippen molar-refractivity contribution in [1.82, 2.24) is 9.21 Å². The van der Waals surface area contributed by atoms with Crippen molar-refractivity contribution in [2.24, 2.45) is 17.6 Å². The van der Waals surface area contributed by atoms with E-state index in [4.69, 9.17) is 17.3 Å². The van der Waals surface area contributed by atoms with E-state index < -0.39 is 10.0 Å². The van der Waals surface area contributed by atoms with Crippen LogP contribution in [0.5, 0.6) is 0 Å². The molecule has 170 valence electrons. The van der Waals surface area contributed by atoms with E-state index in [1.54, 1.807) is 24.3 Å². The number of carbonyl (C=O) groups excluding carboxylic acids is 1. The highest BCUT2D eigenvalue weighted by Crippen LogP contribution is 2.30. The van der Waals surface area contributed by atoms with Crippen LogP contribution in [-0.4, -0.2) is 56.3 Å². The first-order valence-corrected chi connectivity index (χ1v) is 12.4. The smallest absolute Gasteiger partial charge is 0.243 e. The van der Waals surface area contributed by atoms with Crippen LogP contribution in [0.3, 0.4) is 0 Å². The van der Waals surface area contributed by atoms with E-state index in [9.17, 15) is 13.2 Å². The fourth-order valence-corrected chi connectivity index (χ4v) is 6.19. The van der Waals surface area contributed by atoms with Crippen LogP contribution >= 0.6 is 24.0 Å². The van der Waals surface area contributed by atoms with Crippen molar-refractivity contribution in [3.63, 3.8) is 0 Å². The summed E-state index contributed by atoms with van der Waals surface area (Å²) in [4.78, 5) is 15.0. The molecule has 2 aromatic rings. The second-order valence-electron chi connectivity index (χ2n) is 8.34. The Hall–Kier alpha value is -1.38. The third-order valence-corrected chi connectivity index (χ3v) is 8.62. The minimum atomic E-state index is -3.60. The molecule has 0 unspecified atom stereocenters. The first-order valence-electron chi connectivity index (χ1n) is 10.6. The van der Waals surface area contributed by atoms with Gasteiger partial charge in [0.05, 0.1) is 4.90 Å². The standard InChI is InChI=1S/C22H28ClN3O3S.ClH/c23-20-7-5-19-14-21(8-6-18(19)13-20)30(28,29)26-11-9-25(10-12-26)22(27)17-3-1-16(15-24)2-4-17;/h5-8,13-14,16-17H,1-4,9-12,15,24H2;1H/t16-,17-;. The molecule has 6 nitrogen and oxygen atoms in total. The van der Waals surface area contributed by atoms with Crippen LogP contribution in [-0.2, 0) is 14.8 Å². The minimum Gasteiger partial charge on any atom is -0.340 e. The summed E-state index contributed by atoms with van der Waals surface area (Å²) in [6.45, 7) is 2.23. The maximum atomic E-state index is 13.1. The monoisotopic (exact) mass is 485 g/mol. The van der Waals surface area contributed by atoms with Gasteiger partial charge in [0.15, 0.2) is 0 Å². The molecule has 1 aliphatic carbocycles. The van der Waals surface area contributed by atoms with Gasteiger partial charge in [0.1, 0.15) is 0 Å². The van der Waals surface area contributed by atoms with E-state index in [0.717, 1.165) is 36.5 Å². The number of carbonyl (C=O) groups is 1. The van der Waals surface area contributed by atoms with Crippen LogP contribution < -0.4 is 5.73 Å². The number of halogens is 2. The van der Waals surface area contributed by atoms with Crippen LogP contribution in [0.15, 0.2) is 41.3 Å². The van der Waals surface area contributed by atoms with Crippen molar-refractivity contribution in [2.45, 2.75) is 30.6 Å². The Morgan fingerprint density at radius 1 is 0.968 bits per heavy atom. The second-order valence-corrected chi connectivity index (χ2v) is 10.7. The van der Waals surface area contributed by atoms with Gasteiger partial charge in [-0.15, -0.1) is 12.4 Å². The average Bonchev–Trinajstić information content (AvgIpc) is 2.78. The van der Waals surface area contributed by atoms with Gasteiger partial charge in [-0.25, -0.2) is 8.42 Å². The van der Waals surface area contributed by atoms with Crippen LogP contribution in [0.1, 0.15) is 25.7 Å². The fourth-order valence-electron chi connectivity index (χ4n) is 4.56. The summed E-state index contributed by atoms with van der Waals surface area (Å²) in [5.41, 5.74) is 5.75.